The molecule has 7 heteroatoms. The van der Waals surface area contributed by atoms with Crippen LogP contribution in [0.15, 0.2) is 42.7 Å². The lowest BCUT2D eigenvalue weighted by molar-refractivity contribution is -0.145. The first-order valence-corrected chi connectivity index (χ1v) is 12.7. The van der Waals surface area contributed by atoms with Gasteiger partial charge >= 0.3 is 0 Å². The van der Waals surface area contributed by atoms with Crippen molar-refractivity contribution in [1.29, 1.82) is 0 Å². The molecule has 35 heavy (non-hydrogen) atoms. The van der Waals surface area contributed by atoms with E-state index in [0.717, 1.165) is 56.0 Å². The summed E-state index contributed by atoms with van der Waals surface area (Å²) in [4.78, 5) is 21.9. The summed E-state index contributed by atoms with van der Waals surface area (Å²) in [5.74, 6) is 1.36. The van der Waals surface area contributed by atoms with Gasteiger partial charge in [0.1, 0.15) is 5.75 Å². The second kappa shape index (κ2) is 8.64. The molecule has 1 N–H and O–H groups in total. The van der Waals surface area contributed by atoms with Gasteiger partial charge in [0.05, 0.1) is 25.3 Å². The molecule has 1 atom stereocenters. The molecule has 7 nitrogen and oxygen atoms in total. The molecule has 1 aromatic carbocycles. The summed E-state index contributed by atoms with van der Waals surface area (Å²) < 4.78 is 7.76. The number of aliphatic hydroxyl groups is 1. The van der Waals surface area contributed by atoms with Crippen LogP contribution in [-0.4, -0.2) is 63.7 Å². The van der Waals surface area contributed by atoms with E-state index in [1.165, 1.54) is 29.4 Å². The maximum atomic E-state index is 13.3. The zero-order valence-corrected chi connectivity index (χ0v) is 20.6. The molecule has 4 heterocycles. The van der Waals surface area contributed by atoms with Crippen LogP contribution >= 0.6 is 0 Å². The van der Waals surface area contributed by atoms with E-state index in [4.69, 9.17) is 4.74 Å². The Labute approximate surface area is 206 Å². The van der Waals surface area contributed by atoms with Crippen LogP contribution in [0.4, 0.5) is 0 Å². The van der Waals surface area contributed by atoms with Crippen LogP contribution in [0.1, 0.15) is 48.5 Å². The number of rotatable bonds is 5. The number of likely N-dealkylation sites (tertiary alicyclic amines) is 1. The van der Waals surface area contributed by atoms with Gasteiger partial charge in [-0.15, -0.1) is 0 Å². The number of nitrogens with zero attached hydrogens (tertiary/aromatic N) is 4. The number of aryl methyl sites for hydroxylation is 1. The molecule has 0 radical (unpaired) electrons. The van der Waals surface area contributed by atoms with Gasteiger partial charge in [-0.05, 0) is 48.2 Å². The highest BCUT2D eigenvalue weighted by atomic mass is 16.5. The van der Waals surface area contributed by atoms with E-state index in [1.54, 1.807) is 7.11 Å². The van der Waals surface area contributed by atoms with Crippen molar-refractivity contribution < 1.29 is 14.6 Å². The van der Waals surface area contributed by atoms with Gasteiger partial charge < -0.3 is 19.3 Å². The third-order valence-electron chi connectivity index (χ3n) is 8.56. The van der Waals surface area contributed by atoms with Gasteiger partial charge in [0.25, 0.3) is 0 Å². The van der Waals surface area contributed by atoms with E-state index in [0.29, 0.717) is 5.91 Å². The summed E-state index contributed by atoms with van der Waals surface area (Å²) in [6, 6.07) is 10.2. The SMILES string of the molecule is COc1ccc2c3c(n(C)c2c1)[C@H](CO)N(Cc1ccncc1)CC31CN(C(=O)C2CCCC2)C1. The van der Waals surface area contributed by atoms with Gasteiger partial charge in [-0.1, -0.05) is 12.8 Å². The lowest BCUT2D eigenvalue weighted by Crippen LogP contribution is -2.68. The standard InChI is InChI=1S/C28H34N4O3/c1-30-23-13-21(35-2)7-8-22(23)25-26(30)24(15-33)31(14-19-9-11-29-12-10-19)16-28(25)17-32(18-28)27(34)20-5-3-4-6-20/h7-13,20,24,33H,3-6,14-18H2,1-2H3/t24-/m0/s1. The van der Waals surface area contributed by atoms with Crippen LogP contribution in [0.25, 0.3) is 10.9 Å². The molecule has 1 spiro atoms. The molecule has 1 aliphatic carbocycles. The third-order valence-corrected chi connectivity index (χ3v) is 8.56. The molecular formula is C28H34N4O3. The van der Waals surface area contributed by atoms with Crippen molar-refractivity contribution >= 4 is 16.8 Å². The number of carbonyl (C=O) groups excluding carboxylic acids is 1. The van der Waals surface area contributed by atoms with Crippen LogP contribution in [0, 0.1) is 5.92 Å². The number of hydrogen-bond donors (Lipinski definition) is 1. The first kappa shape index (κ1) is 22.6. The second-order valence-electron chi connectivity index (χ2n) is 10.6. The van der Waals surface area contributed by atoms with Crippen molar-refractivity contribution in [3.05, 3.63) is 59.5 Å². The van der Waals surface area contributed by atoms with Gasteiger partial charge in [0, 0.05) is 74.1 Å². The van der Waals surface area contributed by atoms with Crippen molar-refractivity contribution in [3.63, 3.8) is 0 Å². The minimum atomic E-state index is -0.142. The molecule has 6 rings (SSSR count). The maximum Gasteiger partial charge on any atom is 0.225 e. The zero-order valence-electron chi connectivity index (χ0n) is 20.6. The molecule has 1 amide bonds. The van der Waals surface area contributed by atoms with Crippen molar-refractivity contribution in [2.45, 2.75) is 43.7 Å². The highest BCUT2D eigenvalue weighted by Gasteiger charge is 2.55. The average Bonchev–Trinajstić information content (AvgIpc) is 3.50. The molecule has 2 aromatic heterocycles. The van der Waals surface area contributed by atoms with Gasteiger partial charge in [0.2, 0.25) is 5.91 Å². The first-order chi connectivity index (χ1) is 17.0. The fraction of sp³-hybridized carbons (Fsp3) is 0.500. The number of ether oxygens (including phenoxy) is 1. The number of pyridine rings is 1. The Kier molecular flexibility index (Phi) is 5.57. The molecule has 1 saturated heterocycles. The zero-order chi connectivity index (χ0) is 24.2. The van der Waals surface area contributed by atoms with Crippen LogP contribution in [0.3, 0.4) is 0 Å². The fourth-order valence-electron chi connectivity index (χ4n) is 6.88. The van der Waals surface area contributed by atoms with E-state index in [2.05, 4.69) is 38.5 Å². The molecular weight excluding hydrogens is 440 g/mol. The van der Waals surface area contributed by atoms with E-state index in [1.807, 2.05) is 30.6 Å². The quantitative estimate of drug-likeness (QED) is 0.614. The van der Waals surface area contributed by atoms with Crippen molar-refractivity contribution in [2.24, 2.45) is 13.0 Å². The Balaban J connectivity index is 1.43. The van der Waals surface area contributed by atoms with Crippen LogP contribution in [-0.2, 0) is 23.8 Å². The van der Waals surface area contributed by atoms with Gasteiger partial charge in [0.15, 0.2) is 0 Å². The number of aliphatic hydroxyl groups excluding tert-OH is 1. The minimum absolute atomic E-state index is 0.0418. The number of aromatic nitrogens is 2. The Bertz CT molecular complexity index is 1240. The van der Waals surface area contributed by atoms with Crippen LogP contribution in [0.2, 0.25) is 0 Å². The highest BCUT2D eigenvalue weighted by molar-refractivity contribution is 5.90. The molecule has 3 aromatic rings. The van der Waals surface area contributed by atoms with E-state index in [9.17, 15) is 9.90 Å². The second-order valence-corrected chi connectivity index (χ2v) is 10.6. The number of hydrogen-bond acceptors (Lipinski definition) is 5. The predicted molar refractivity (Wildman–Crippen MR) is 134 cm³/mol. The lowest BCUT2D eigenvalue weighted by Gasteiger charge is -2.57. The topological polar surface area (TPSA) is 70.8 Å². The summed E-state index contributed by atoms with van der Waals surface area (Å²) >= 11 is 0. The highest BCUT2D eigenvalue weighted by Crippen LogP contribution is 2.50. The monoisotopic (exact) mass is 474 g/mol. The number of benzene rings is 1. The summed E-state index contributed by atoms with van der Waals surface area (Å²) in [5, 5.41) is 11.8. The van der Waals surface area contributed by atoms with Crippen LogP contribution in [0.5, 0.6) is 5.75 Å². The Hall–Kier alpha value is -2.90. The Morgan fingerprint density at radius 1 is 1.14 bits per heavy atom. The van der Waals surface area contributed by atoms with Gasteiger partial charge in [-0.25, -0.2) is 0 Å². The molecule has 0 unspecified atom stereocenters. The van der Waals surface area contributed by atoms with Crippen LogP contribution < -0.4 is 4.74 Å². The molecule has 2 aliphatic heterocycles. The average molecular weight is 475 g/mol. The lowest BCUT2D eigenvalue weighted by atomic mass is 9.68. The third kappa shape index (κ3) is 3.55. The smallest absolute Gasteiger partial charge is 0.225 e. The van der Waals surface area contributed by atoms with Crippen molar-refractivity contribution in [1.82, 2.24) is 19.4 Å². The number of amides is 1. The summed E-state index contributed by atoms with van der Waals surface area (Å²) in [6.07, 6.45) is 8.04. The Morgan fingerprint density at radius 3 is 2.57 bits per heavy atom. The first-order valence-electron chi connectivity index (χ1n) is 12.7. The van der Waals surface area contributed by atoms with E-state index in [-0.39, 0.29) is 24.0 Å². The molecule has 2 fully saturated rings. The fourth-order valence-corrected chi connectivity index (χ4v) is 6.88. The predicted octanol–water partition coefficient (Wildman–Crippen LogP) is 3.40. The maximum absolute atomic E-state index is 13.3. The van der Waals surface area contributed by atoms with E-state index >= 15 is 0 Å². The van der Waals surface area contributed by atoms with Gasteiger partial charge in [-0.2, -0.15) is 0 Å². The summed E-state index contributed by atoms with van der Waals surface area (Å²) in [5.41, 5.74) is 4.60. The molecule has 184 valence electrons. The van der Waals surface area contributed by atoms with Crippen molar-refractivity contribution in [2.75, 3.05) is 33.4 Å². The summed E-state index contributed by atoms with van der Waals surface area (Å²) in [7, 11) is 3.78. The number of methoxy groups -OCH3 is 1. The number of fused-ring (bicyclic) bond motifs is 4. The molecule has 0 bridgehead atoms. The summed E-state index contributed by atoms with van der Waals surface area (Å²) in [6.45, 7) is 3.07. The Morgan fingerprint density at radius 2 is 1.89 bits per heavy atom. The minimum Gasteiger partial charge on any atom is -0.497 e. The largest absolute Gasteiger partial charge is 0.497 e. The normalized spacial score (nSPS) is 21.9. The van der Waals surface area contributed by atoms with E-state index < -0.39 is 0 Å². The molecule has 3 aliphatic rings. The number of carbonyl (C=O) groups is 1. The van der Waals surface area contributed by atoms with Gasteiger partial charge in [-0.3, -0.25) is 14.7 Å². The van der Waals surface area contributed by atoms with Crippen molar-refractivity contribution in [3.8, 4) is 5.75 Å². The molecule has 1 saturated carbocycles.